The first kappa shape index (κ1) is 11.9. The lowest BCUT2D eigenvalue weighted by Gasteiger charge is -2.24. The van der Waals surface area contributed by atoms with Crippen LogP contribution < -0.4 is 11.1 Å². The second kappa shape index (κ2) is 4.02. The average molecular weight is 236 g/mol. The fourth-order valence-electron chi connectivity index (χ4n) is 1.70. The van der Waals surface area contributed by atoms with E-state index in [1.165, 1.54) is 12.1 Å². The summed E-state index contributed by atoms with van der Waals surface area (Å²) >= 11 is 0. The average Bonchev–Trinajstić information content (AvgIpc) is 3.00. The Morgan fingerprint density at radius 3 is 2.59 bits per heavy atom. The number of anilines is 1. The Morgan fingerprint density at radius 1 is 1.41 bits per heavy atom. The number of amides is 1. The van der Waals surface area contributed by atoms with Crippen molar-refractivity contribution in [3.63, 3.8) is 0 Å². The molecule has 1 amide bonds. The number of halogens is 1. The summed E-state index contributed by atoms with van der Waals surface area (Å²) in [4.78, 5) is 12.1. The fraction of sp³-hybridized carbons (Fsp3) is 0.462. The predicted molar refractivity (Wildman–Crippen MR) is 65.0 cm³/mol. The molecule has 17 heavy (non-hydrogen) atoms. The molecule has 3 nitrogen and oxygen atoms in total. The number of hydrogen-bond donors (Lipinski definition) is 2. The van der Waals surface area contributed by atoms with Crippen LogP contribution in [-0.2, 0) is 10.2 Å². The van der Waals surface area contributed by atoms with Crippen molar-refractivity contribution in [1.29, 1.82) is 0 Å². The summed E-state index contributed by atoms with van der Waals surface area (Å²) in [5.74, 6) is -0.489. The number of carbonyl (C=O) groups excluding carboxylic acids is 1. The van der Waals surface area contributed by atoms with Gasteiger partial charge in [-0.1, -0.05) is 0 Å². The molecule has 1 aliphatic rings. The molecule has 0 aliphatic heterocycles. The van der Waals surface area contributed by atoms with Crippen molar-refractivity contribution < 1.29 is 9.18 Å². The minimum absolute atomic E-state index is 0.0787. The Bertz CT molecular complexity index is 432. The van der Waals surface area contributed by atoms with E-state index in [9.17, 15) is 9.18 Å². The number of carbonyl (C=O) groups is 1. The molecule has 0 aromatic heterocycles. The lowest BCUT2D eigenvalue weighted by Crippen LogP contribution is -2.41. The van der Waals surface area contributed by atoms with Gasteiger partial charge in [0.1, 0.15) is 5.82 Å². The third kappa shape index (κ3) is 2.57. The molecule has 4 heteroatoms. The molecule has 0 saturated heterocycles. The van der Waals surface area contributed by atoms with E-state index in [0.717, 1.165) is 12.8 Å². The normalized spacial score (nSPS) is 15.7. The molecule has 2 rings (SSSR count). The first-order valence-corrected chi connectivity index (χ1v) is 5.77. The van der Waals surface area contributed by atoms with Gasteiger partial charge >= 0.3 is 0 Å². The van der Waals surface area contributed by atoms with Crippen LogP contribution >= 0.6 is 0 Å². The number of nitrogens with two attached hydrogens (primary N) is 1. The summed E-state index contributed by atoms with van der Waals surface area (Å²) < 4.78 is 13.3. The standard InChI is InChI=1S/C13H17FN2O/c1-13(2,12(17)16-11-3-4-11)8-5-9(14)7-10(15)6-8/h5-7,11H,3-4,15H2,1-2H3,(H,16,17). The lowest BCUT2D eigenvalue weighted by atomic mass is 9.83. The zero-order valence-electron chi connectivity index (χ0n) is 10.1. The summed E-state index contributed by atoms with van der Waals surface area (Å²) in [7, 11) is 0. The highest BCUT2D eigenvalue weighted by atomic mass is 19.1. The number of benzene rings is 1. The Balaban J connectivity index is 2.25. The van der Waals surface area contributed by atoms with E-state index in [1.807, 2.05) is 0 Å². The molecule has 0 heterocycles. The van der Waals surface area contributed by atoms with Gasteiger partial charge in [-0.25, -0.2) is 4.39 Å². The van der Waals surface area contributed by atoms with E-state index >= 15 is 0 Å². The molecule has 0 unspecified atom stereocenters. The summed E-state index contributed by atoms with van der Waals surface area (Å²) in [6.45, 7) is 3.55. The van der Waals surface area contributed by atoms with Crippen LogP contribution in [0.5, 0.6) is 0 Å². The number of nitrogens with one attached hydrogen (secondary N) is 1. The van der Waals surface area contributed by atoms with Gasteiger partial charge in [-0.3, -0.25) is 4.79 Å². The van der Waals surface area contributed by atoms with Crippen LogP contribution in [0, 0.1) is 5.82 Å². The van der Waals surface area contributed by atoms with Crippen molar-refractivity contribution in [3.05, 3.63) is 29.6 Å². The van der Waals surface area contributed by atoms with Crippen LogP contribution in [0.3, 0.4) is 0 Å². The van der Waals surface area contributed by atoms with Gasteiger partial charge < -0.3 is 11.1 Å². The largest absolute Gasteiger partial charge is 0.399 e. The molecule has 1 fully saturated rings. The van der Waals surface area contributed by atoms with Crippen LogP contribution in [-0.4, -0.2) is 11.9 Å². The molecule has 0 bridgehead atoms. The Kier molecular flexibility index (Phi) is 2.81. The van der Waals surface area contributed by atoms with E-state index in [-0.39, 0.29) is 5.91 Å². The van der Waals surface area contributed by atoms with Crippen molar-refractivity contribution >= 4 is 11.6 Å². The smallest absolute Gasteiger partial charge is 0.230 e. The van der Waals surface area contributed by atoms with Gasteiger partial charge in [0.05, 0.1) is 5.41 Å². The van der Waals surface area contributed by atoms with Gasteiger partial charge in [-0.05, 0) is 50.5 Å². The topological polar surface area (TPSA) is 55.1 Å². The molecule has 0 atom stereocenters. The highest BCUT2D eigenvalue weighted by Gasteiger charge is 2.34. The van der Waals surface area contributed by atoms with E-state index in [0.29, 0.717) is 17.3 Å². The maximum atomic E-state index is 13.3. The van der Waals surface area contributed by atoms with Gasteiger partial charge in [-0.15, -0.1) is 0 Å². The van der Waals surface area contributed by atoms with Crippen LogP contribution in [0.15, 0.2) is 18.2 Å². The van der Waals surface area contributed by atoms with E-state index in [1.54, 1.807) is 19.9 Å². The maximum absolute atomic E-state index is 13.3. The molecule has 0 radical (unpaired) electrons. The van der Waals surface area contributed by atoms with Crippen molar-refractivity contribution in [2.75, 3.05) is 5.73 Å². The molecular weight excluding hydrogens is 219 g/mol. The summed E-state index contributed by atoms with van der Waals surface area (Å²) in [5.41, 5.74) is 5.78. The van der Waals surface area contributed by atoms with Gasteiger partial charge in [0.2, 0.25) is 5.91 Å². The van der Waals surface area contributed by atoms with Crippen LogP contribution in [0.25, 0.3) is 0 Å². The Hall–Kier alpha value is -1.58. The monoisotopic (exact) mass is 236 g/mol. The van der Waals surface area contributed by atoms with Crippen molar-refractivity contribution in [2.24, 2.45) is 0 Å². The van der Waals surface area contributed by atoms with Crippen molar-refractivity contribution in [2.45, 2.75) is 38.1 Å². The Morgan fingerprint density at radius 2 is 2.06 bits per heavy atom. The van der Waals surface area contributed by atoms with Crippen LogP contribution in [0.2, 0.25) is 0 Å². The number of hydrogen-bond acceptors (Lipinski definition) is 2. The van der Waals surface area contributed by atoms with Gasteiger partial charge in [0.15, 0.2) is 0 Å². The summed E-state index contributed by atoms with van der Waals surface area (Å²) in [6, 6.07) is 4.56. The molecule has 0 spiro atoms. The molecule has 1 saturated carbocycles. The number of rotatable bonds is 3. The minimum atomic E-state index is -0.765. The SMILES string of the molecule is CC(C)(C(=O)NC1CC1)c1cc(N)cc(F)c1. The van der Waals surface area contributed by atoms with Gasteiger partial charge in [0.25, 0.3) is 0 Å². The van der Waals surface area contributed by atoms with Crippen LogP contribution in [0.4, 0.5) is 10.1 Å². The Labute approximate surface area is 100 Å². The van der Waals surface area contributed by atoms with Gasteiger partial charge in [0, 0.05) is 11.7 Å². The van der Waals surface area contributed by atoms with Crippen molar-refractivity contribution in [3.8, 4) is 0 Å². The number of nitrogen functional groups attached to an aromatic ring is 1. The molecule has 3 N–H and O–H groups in total. The first-order valence-electron chi connectivity index (χ1n) is 5.77. The second-order valence-electron chi connectivity index (χ2n) is 5.15. The van der Waals surface area contributed by atoms with Crippen molar-refractivity contribution in [1.82, 2.24) is 5.32 Å². The third-order valence-corrected chi connectivity index (χ3v) is 3.12. The van der Waals surface area contributed by atoms with E-state index in [2.05, 4.69) is 5.32 Å². The lowest BCUT2D eigenvalue weighted by molar-refractivity contribution is -0.125. The highest BCUT2D eigenvalue weighted by Crippen LogP contribution is 2.28. The summed E-state index contributed by atoms with van der Waals surface area (Å²) in [6.07, 6.45) is 2.07. The predicted octanol–water partition coefficient (Wildman–Crippen LogP) is 1.96. The molecule has 1 aliphatic carbocycles. The van der Waals surface area contributed by atoms with Gasteiger partial charge in [-0.2, -0.15) is 0 Å². The quantitative estimate of drug-likeness (QED) is 0.788. The molecular formula is C13H17FN2O. The highest BCUT2D eigenvalue weighted by molar-refractivity contribution is 5.88. The molecule has 1 aromatic carbocycles. The van der Waals surface area contributed by atoms with Crippen LogP contribution in [0.1, 0.15) is 32.3 Å². The van der Waals surface area contributed by atoms with E-state index < -0.39 is 11.2 Å². The fourth-order valence-corrected chi connectivity index (χ4v) is 1.70. The maximum Gasteiger partial charge on any atom is 0.230 e. The second-order valence-corrected chi connectivity index (χ2v) is 5.15. The zero-order chi connectivity index (χ0) is 12.6. The first-order chi connectivity index (χ1) is 7.89. The molecule has 92 valence electrons. The third-order valence-electron chi connectivity index (χ3n) is 3.12. The molecule has 1 aromatic rings. The minimum Gasteiger partial charge on any atom is -0.399 e. The summed E-state index contributed by atoms with van der Waals surface area (Å²) in [5, 5.41) is 2.93. The zero-order valence-corrected chi connectivity index (χ0v) is 10.1. The van der Waals surface area contributed by atoms with E-state index in [4.69, 9.17) is 5.73 Å².